The molecule has 0 N–H and O–H groups in total. The summed E-state index contributed by atoms with van der Waals surface area (Å²) < 4.78 is 57.5. The minimum Gasteiger partial charge on any atom is -0.354 e. The molecule has 1 unspecified atom stereocenters. The summed E-state index contributed by atoms with van der Waals surface area (Å²) in [6, 6.07) is 16.3. The average molecular weight is 404 g/mol. The number of rotatable bonds is 5. The number of alkyl halides is 2. The fraction of sp³-hybridized carbons (Fsp3) is 0.158. The van der Waals surface area contributed by atoms with Crippen LogP contribution in [-0.4, -0.2) is 19.5 Å². The SMILES string of the molecule is CC(C(=O)N=S(=O)=O)(c1ccccc1)c1c(-c2ccccc2)noc1C(F)F. The lowest BCUT2D eigenvalue weighted by atomic mass is 9.73. The van der Waals surface area contributed by atoms with Gasteiger partial charge in [0.2, 0.25) is 5.76 Å². The highest BCUT2D eigenvalue weighted by Crippen LogP contribution is 2.44. The summed E-state index contributed by atoms with van der Waals surface area (Å²) in [5.41, 5.74) is -1.36. The summed E-state index contributed by atoms with van der Waals surface area (Å²) in [7, 11) is -3.06. The van der Waals surface area contributed by atoms with Gasteiger partial charge in [-0.2, -0.15) is 8.42 Å². The topological polar surface area (TPSA) is 89.6 Å². The van der Waals surface area contributed by atoms with Crippen LogP contribution in [0.5, 0.6) is 0 Å². The maximum absolute atomic E-state index is 13.7. The van der Waals surface area contributed by atoms with Gasteiger partial charge in [-0.05, 0) is 12.5 Å². The molecule has 0 aliphatic carbocycles. The van der Waals surface area contributed by atoms with Gasteiger partial charge in [0.15, 0.2) is 0 Å². The van der Waals surface area contributed by atoms with E-state index in [-0.39, 0.29) is 16.8 Å². The Morgan fingerprint density at radius 2 is 1.64 bits per heavy atom. The van der Waals surface area contributed by atoms with Crippen LogP contribution in [-0.2, 0) is 20.7 Å². The molecule has 2 aromatic carbocycles. The van der Waals surface area contributed by atoms with E-state index < -0.39 is 34.0 Å². The van der Waals surface area contributed by atoms with Crippen LogP contribution >= 0.6 is 0 Å². The second-order valence-corrected chi connectivity index (χ2v) is 6.66. The molecule has 28 heavy (non-hydrogen) atoms. The summed E-state index contributed by atoms with van der Waals surface area (Å²) in [4.78, 5) is 12.9. The Morgan fingerprint density at radius 1 is 1.07 bits per heavy atom. The van der Waals surface area contributed by atoms with Gasteiger partial charge >= 0.3 is 10.5 Å². The molecule has 6 nitrogen and oxygen atoms in total. The van der Waals surface area contributed by atoms with Crippen LogP contribution < -0.4 is 0 Å². The van der Waals surface area contributed by atoms with Crippen LogP contribution in [0.2, 0.25) is 0 Å². The van der Waals surface area contributed by atoms with E-state index >= 15 is 0 Å². The van der Waals surface area contributed by atoms with Gasteiger partial charge < -0.3 is 4.52 Å². The predicted molar refractivity (Wildman–Crippen MR) is 96.1 cm³/mol. The first-order valence-electron chi connectivity index (χ1n) is 8.10. The van der Waals surface area contributed by atoms with E-state index in [0.29, 0.717) is 5.56 Å². The quantitative estimate of drug-likeness (QED) is 0.637. The Morgan fingerprint density at radius 3 is 2.18 bits per heavy atom. The van der Waals surface area contributed by atoms with Gasteiger partial charge in [0.1, 0.15) is 11.1 Å². The maximum Gasteiger partial charge on any atom is 0.319 e. The third kappa shape index (κ3) is 3.48. The summed E-state index contributed by atoms with van der Waals surface area (Å²) in [6.07, 6.45) is -3.08. The largest absolute Gasteiger partial charge is 0.354 e. The molecular formula is C19H14F2N2O4S. The fourth-order valence-electron chi connectivity index (χ4n) is 3.03. The molecule has 1 aromatic heterocycles. The summed E-state index contributed by atoms with van der Waals surface area (Å²) in [5.74, 6) is -1.94. The lowest BCUT2D eigenvalue weighted by Crippen LogP contribution is -2.34. The molecule has 0 spiro atoms. The van der Waals surface area contributed by atoms with Gasteiger partial charge in [0, 0.05) is 11.1 Å². The molecule has 0 bridgehead atoms. The van der Waals surface area contributed by atoms with Crippen molar-refractivity contribution in [3.63, 3.8) is 0 Å². The van der Waals surface area contributed by atoms with Crippen molar-refractivity contribution < 1.29 is 26.5 Å². The molecule has 1 amide bonds. The second-order valence-electron chi connectivity index (χ2n) is 6.04. The molecule has 0 fully saturated rings. The molecule has 144 valence electrons. The van der Waals surface area contributed by atoms with Crippen LogP contribution in [0, 0.1) is 0 Å². The van der Waals surface area contributed by atoms with E-state index in [1.54, 1.807) is 48.5 Å². The van der Waals surface area contributed by atoms with E-state index in [9.17, 15) is 22.0 Å². The van der Waals surface area contributed by atoms with Crippen LogP contribution in [0.25, 0.3) is 11.3 Å². The zero-order valence-corrected chi connectivity index (χ0v) is 15.4. The first kappa shape index (κ1) is 19.6. The standard InChI is InChI=1S/C19H14F2N2O4S/c1-19(18(24)23-28(25)26,13-10-6-3-7-11-13)14-15(12-8-4-2-5-9-12)22-27-16(14)17(20)21/h2-11,17H,1H3. The van der Waals surface area contributed by atoms with Gasteiger partial charge in [0.25, 0.3) is 12.3 Å². The molecule has 1 atom stereocenters. The number of hydrogen-bond acceptors (Lipinski definition) is 5. The van der Waals surface area contributed by atoms with Crippen LogP contribution in [0.1, 0.15) is 30.2 Å². The molecular weight excluding hydrogens is 390 g/mol. The van der Waals surface area contributed by atoms with Crippen molar-refractivity contribution in [2.75, 3.05) is 0 Å². The number of nitrogens with zero attached hydrogens (tertiary/aromatic N) is 2. The second kappa shape index (κ2) is 7.81. The van der Waals surface area contributed by atoms with Crippen molar-refractivity contribution in [2.24, 2.45) is 4.36 Å². The highest BCUT2D eigenvalue weighted by molar-refractivity contribution is 7.62. The third-order valence-electron chi connectivity index (χ3n) is 4.40. The van der Waals surface area contributed by atoms with E-state index in [1.165, 1.54) is 19.1 Å². The molecule has 1 heterocycles. The number of aromatic nitrogens is 1. The maximum atomic E-state index is 13.7. The Labute approximate surface area is 160 Å². The van der Waals surface area contributed by atoms with Crippen LogP contribution in [0.4, 0.5) is 8.78 Å². The van der Waals surface area contributed by atoms with Gasteiger partial charge in [-0.3, -0.25) is 4.79 Å². The molecule has 0 saturated heterocycles. The number of hydrogen-bond donors (Lipinski definition) is 0. The lowest BCUT2D eigenvalue weighted by molar-refractivity contribution is -0.121. The Balaban J connectivity index is 2.39. The van der Waals surface area contributed by atoms with E-state index in [0.717, 1.165) is 0 Å². The fourth-order valence-corrected chi connectivity index (χ4v) is 3.35. The van der Waals surface area contributed by atoms with Crippen molar-refractivity contribution in [1.29, 1.82) is 0 Å². The molecule has 0 aliphatic heterocycles. The molecule has 0 saturated carbocycles. The number of benzene rings is 2. The lowest BCUT2D eigenvalue weighted by Gasteiger charge is -2.26. The van der Waals surface area contributed by atoms with Gasteiger partial charge in [-0.1, -0.05) is 70.2 Å². The molecule has 3 aromatic rings. The van der Waals surface area contributed by atoms with Crippen LogP contribution in [0.15, 0.2) is 69.5 Å². The number of carbonyl (C=O) groups excluding carboxylic acids is 1. The summed E-state index contributed by atoms with van der Waals surface area (Å²) >= 11 is 0. The van der Waals surface area contributed by atoms with E-state index in [4.69, 9.17) is 4.52 Å². The van der Waals surface area contributed by atoms with Crippen molar-refractivity contribution in [1.82, 2.24) is 5.16 Å². The molecule has 3 rings (SSSR count). The van der Waals surface area contributed by atoms with Gasteiger partial charge in [0.05, 0.1) is 0 Å². The Hall–Kier alpha value is -3.20. The Bertz CT molecular complexity index is 1120. The van der Waals surface area contributed by atoms with Gasteiger partial charge in [-0.25, -0.2) is 8.78 Å². The van der Waals surface area contributed by atoms with Crippen molar-refractivity contribution in [3.8, 4) is 11.3 Å². The Kier molecular flexibility index (Phi) is 5.46. The van der Waals surface area contributed by atoms with Gasteiger partial charge in [-0.15, -0.1) is 0 Å². The first-order chi connectivity index (χ1) is 13.4. The number of halogens is 2. The minimum atomic E-state index is -3.08. The minimum absolute atomic E-state index is 0.0162. The normalized spacial score (nSPS) is 13.1. The highest BCUT2D eigenvalue weighted by Gasteiger charge is 2.45. The van der Waals surface area contributed by atoms with Crippen molar-refractivity contribution in [3.05, 3.63) is 77.6 Å². The zero-order chi connectivity index (χ0) is 20.3. The average Bonchev–Trinajstić information content (AvgIpc) is 3.14. The molecule has 9 heteroatoms. The van der Waals surface area contributed by atoms with Crippen molar-refractivity contribution in [2.45, 2.75) is 18.8 Å². The smallest absolute Gasteiger partial charge is 0.319 e. The summed E-state index contributed by atoms with van der Waals surface area (Å²) in [6.45, 7) is 1.33. The number of amides is 1. The zero-order valence-electron chi connectivity index (χ0n) is 14.5. The van der Waals surface area contributed by atoms with Crippen molar-refractivity contribution >= 4 is 16.4 Å². The predicted octanol–water partition coefficient (Wildman–Crippen LogP) is 4.17. The monoisotopic (exact) mass is 404 g/mol. The summed E-state index contributed by atoms with van der Waals surface area (Å²) in [5, 5.41) is 3.76. The highest BCUT2D eigenvalue weighted by atomic mass is 32.2. The number of carbonyl (C=O) groups is 1. The third-order valence-corrected chi connectivity index (χ3v) is 4.72. The first-order valence-corrected chi connectivity index (χ1v) is 9.13. The molecule has 0 aliphatic rings. The van der Waals surface area contributed by atoms with E-state index in [1.807, 2.05) is 0 Å². The van der Waals surface area contributed by atoms with E-state index in [2.05, 4.69) is 9.52 Å². The van der Waals surface area contributed by atoms with Crippen LogP contribution in [0.3, 0.4) is 0 Å². The molecule has 0 radical (unpaired) electrons.